The highest BCUT2D eigenvalue weighted by atomic mass is 79.9. The zero-order valence-corrected chi connectivity index (χ0v) is 12.6. The van der Waals surface area contributed by atoms with Gasteiger partial charge in [0, 0.05) is 4.47 Å². The van der Waals surface area contributed by atoms with Crippen LogP contribution in [0, 0.1) is 6.92 Å². The number of carbonyl (C=O) groups is 2. The minimum atomic E-state index is -1.23. The number of aryl methyl sites for hydroxylation is 1. The Balaban J connectivity index is 2.36. The highest BCUT2D eigenvalue weighted by Crippen LogP contribution is 2.24. The van der Waals surface area contributed by atoms with Crippen molar-refractivity contribution in [3.8, 4) is 5.75 Å². The van der Waals surface area contributed by atoms with E-state index in [9.17, 15) is 14.7 Å². The smallest absolute Gasteiger partial charge is 0.337 e. The van der Waals surface area contributed by atoms with E-state index in [1.807, 2.05) is 13.0 Å². The molecule has 0 aliphatic carbocycles. The number of hydrogen-bond donors (Lipinski definition) is 3. The van der Waals surface area contributed by atoms with Crippen LogP contribution in [0.4, 0.5) is 5.69 Å². The number of phenols is 1. The van der Waals surface area contributed by atoms with E-state index in [0.29, 0.717) is 10.0 Å². The molecule has 0 fully saturated rings. The van der Waals surface area contributed by atoms with Crippen LogP contribution in [0.2, 0.25) is 0 Å². The fourth-order valence-electron chi connectivity index (χ4n) is 1.82. The van der Waals surface area contributed by atoms with Crippen LogP contribution >= 0.6 is 15.9 Å². The van der Waals surface area contributed by atoms with E-state index < -0.39 is 11.9 Å². The number of halogens is 1. The number of carboxylic acid groups (broad SMARTS) is 1. The predicted molar refractivity (Wildman–Crippen MR) is 81.9 cm³/mol. The van der Waals surface area contributed by atoms with Gasteiger partial charge >= 0.3 is 5.97 Å². The summed E-state index contributed by atoms with van der Waals surface area (Å²) in [6.45, 7) is 1.85. The third kappa shape index (κ3) is 3.41. The fourth-order valence-corrected chi connectivity index (χ4v) is 2.25. The van der Waals surface area contributed by atoms with Gasteiger partial charge in [0.05, 0.1) is 16.8 Å². The molecule has 3 N–H and O–H groups in total. The van der Waals surface area contributed by atoms with E-state index in [1.165, 1.54) is 12.1 Å². The summed E-state index contributed by atoms with van der Waals surface area (Å²) < 4.78 is 0.612. The Kier molecular flexibility index (Phi) is 4.28. The standard InChI is InChI=1S/C15H12BrNO4/c1-8-2-4-12(16)10(6-8)14(19)17-13-5-3-9(18)7-11(13)15(20)21/h2-7,18H,1H3,(H,17,19)(H,20,21). The summed E-state index contributed by atoms with van der Waals surface area (Å²) in [6.07, 6.45) is 0. The Labute approximate surface area is 129 Å². The van der Waals surface area contributed by atoms with E-state index in [4.69, 9.17) is 5.11 Å². The van der Waals surface area contributed by atoms with E-state index >= 15 is 0 Å². The molecule has 1 amide bonds. The maximum atomic E-state index is 12.3. The van der Waals surface area contributed by atoms with Crippen molar-refractivity contribution in [1.82, 2.24) is 0 Å². The van der Waals surface area contributed by atoms with Crippen LogP contribution in [-0.4, -0.2) is 22.1 Å². The van der Waals surface area contributed by atoms with Gasteiger partial charge in [0.2, 0.25) is 0 Å². The van der Waals surface area contributed by atoms with Gasteiger partial charge in [-0.3, -0.25) is 4.79 Å². The van der Waals surface area contributed by atoms with Crippen LogP contribution in [0.3, 0.4) is 0 Å². The third-order valence-corrected chi connectivity index (χ3v) is 3.54. The van der Waals surface area contributed by atoms with E-state index in [-0.39, 0.29) is 17.0 Å². The second kappa shape index (κ2) is 5.97. The number of carboxylic acids is 1. The molecule has 2 aromatic carbocycles. The predicted octanol–water partition coefficient (Wildman–Crippen LogP) is 3.41. The number of aromatic carboxylic acids is 1. The number of anilines is 1. The largest absolute Gasteiger partial charge is 0.508 e. The summed E-state index contributed by atoms with van der Waals surface area (Å²) >= 11 is 3.29. The lowest BCUT2D eigenvalue weighted by Crippen LogP contribution is -2.15. The maximum absolute atomic E-state index is 12.3. The van der Waals surface area contributed by atoms with Gasteiger partial charge < -0.3 is 15.5 Å². The van der Waals surface area contributed by atoms with E-state index in [2.05, 4.69) is 21.2 Å². The summed E-state index contributed by atoms with van der Waals surface area (Å²) in [5.74, 6) is -1.84. The summed E-state index contributed by atoms with van der Waals surface area (Å²) in [4.78, 5) is 23.4. The topological polar surface area (TPSA) is 86.6 Å². The van der Waals surface area contributed by atoms with Gasteiger partial charge in [-0.15, -0.1) is 0 Å². The number of nitrogens with one attached hydrogen (secondary N) is 1. The average molecular weight is 350 g/mol. The van der Waals surface area contributed by atoms with Gasteiger partial charge in [-0.2, -0.15) is 0 Å². The molecule has 0 saturated carbocycles. The van der Waals surface area contributed by atoms with Crippen LogP contribution in [0.5, 0.6) is 5.75 Å². The molecule has 21 heavy (non-hydrogen) atoms. The summed E-state index contributed by atoms with van der Waals surface area (Å²) in [5.41, 5.74) is 1.26. The number of carbonyl (C=O) groups excluding carboxylic acids is 1. The van der Waals surface area contributed by atoms with Crippen LogP contribution in [-0.2, 0) is 0 Å². The normalized spacial score (nSPS) is 10.2. The lowest BCUT2D eigenvalue weighted by atomic mass is 10.1. The van der Waals surface area contributed by atoms with Crippen molar-refractivity contribution < 1.29 is 19.8 Å². The van der Waals surface area contributed by atoms with Crippen molar-refractivity contribution >= 4 is 33.5 Å². The Morgan fingerprint density at radius 1 is 1.10 bits per heavy atom. The number of benzene rings is 2. The van der Waals surface area contributed by atoms with Crippen molar-refractivity contribution in [2.75, 3.05) is 5.32 Å². The quantitative estimate of drug-likeness (QED) is 0.741. The molecule has 5 nitrogen and oxygen atoms in total. The molecule has 0 radical (unpaired) electrons. The van der Waals surface area contributed by atoms with Gasteiger partial charge in [0.15, 0.2) is 0 Å². The Morgan fingerprint density at radius 2 is 1.81 bits per heavy atom. The summed E-state index contributed by atoms with van der Waals surface area (Å²) in [6, 6.07) is 9.04. The third-order valence-electron chi connectivity index (χ3n) is 2.85. The van der Waals surface area contributed by atoms with Gasteiger partial charge in [0.1, 0.15) is 5.75 Å². The lowest BCUT2D eigenvalue weighted by Gasteiger charge is -2.10. The minimum absolute atomic E-state index is 0.124. The fraction of sp³-hybridized carbons (Fsp3) is 0.0667. The highest BCUT2D eigenvalue weighted by molar-refractivity contribution is 9.10. The Hall–Kier alpha value is -2.34. The second-order valence-electron chi connectivity index (χ2n) is 4.47. The summed E-state index contributed by atoms with van der Waals surface area (Å²) in [5, 5.41) is 21.0. The van der Waals surface area contributed by atoms with Gasteiger partial charge in [-0.25, -0.2) is 4.79 Å². The molecule has 2 aromatic rings. The molecular weight excluding hydrogens is 338 g/mol. The Bertz CT molecular complexity index is 728. The molecule has 0 aliphatic rings. The van der Waals surface area contributed by atoms with E-state index in [1.54, 1.807) is 12.1 Å². The molecule has 0 bridgehead atoms. The highest BCUT2D eigenvalue weighted by Gasteiger charge is 2.16. The Morgan fingerprint density at radius 3 is 2.48 bits per heavy atom. The molecule has 0 aromatic heterocycles. The SMILES string of the molecule is Cc1ccc(Br)c(C(=O)Nc2ccc(O)cc2C(=O)O)c1. The van der Waals surface area contributed by atoms with Crippen LogP contribution < -0.4 is 5.32 Å². The van der Waals surface area contributed by atoms with Crippen LogP contribution in [0.25, 0.3) is 0 Å². The monoisotopic (exact) mass is 349 g/mol. The van der Waals surface area contributed by atoms with Crippen molar-refractivity contribution in [2.45, 2.75) is 6.92 Å². The van der Waals surface area contributed by atoms with Crippen molar-refractivity contribution in [3.05, 3.63) is 57.6 Å². The van der Waals surface area contributed by atoms with Gasteiger partial charge in [-0.1, -0.05) is 11.6 Å². The van der Waals surface area contributed by atoms with Gasteiger partial charge in [-0.05, 0) is 53.2 Å². The number of rotatable bonds is 3. The maximum Gasteiger partial charge on any atom is 0.337 e. The molecule has 0 aliphatic heterocycles. The number of aromatic hydroxyl groups is 1. The van der Waals surface area contributed by atoms with Crippen LogP contribution in [0.15, 0.2) is 40.9 Å². The molecule has 0 heterocycles. The van der Waals surface area contributed by atoms with Crippen molar-refractivity contribution in [1.29, 1.82) is 0 Å². The number of amides is 1. The number of hydrogen-bond acceptors (Lipinski definition) is 3. The first-order valence-corrected chi connectivity index (χ1v) is 6.81. The zero-order chi connectivity index (χ0) is 15.6. The molecule has 0 unspecified atom stereocenters. The summed E-state index contributed by atoms with van der Waals surface area (Å²) in [7, 11) is 0. The molecule has 0 spiro atoms. The van der Waals surface area contributed by atoms with Crippen LogP contribution in [0.1, 0.15) is 26.3 Å². The average Bonchev–Trinajstić information content (AvgIpc) is 2.43. The first-order valence-electron chi connectivity index (χ1n) is 6.02. The number of phenolic OH excluding ortho intramolecular Hbond substituents is 1. The van der Waals surface area contributed by atoms with Gasteiger partial charge in [0.25, 0.3) is 5.91 Å². The molecule has 0 atom stereocenters. The zero-order valence-electron chi connectivity index (χ0n) is 11.1. The molecule has 108 valence electrons. The van der Waals surface area contributed by atoms with E-state index in [0.717, 1.165) is 11.6 Å². The van der Waals surface area contributed by atoms with Crippen molar-refractivity contribution in [3.63, 3.8) is 0 Å². The molecule has 2 rings (SSSR count). The molecule has 6 heteroatoms. The second-order valence-corrected chi connectivity index (χ2v) is 5.33. The first kappa shape index (κ1) is 15.1. The van der Waals surface area contributed by atoms with Crippen molar-refractivity contribution in [2.24, 2.45) is 0 Å². The minimum Gasteiger partial charge on any atom is -0.508 e. The molecular formula is C15H12BrNO4. The lowest BCUT2D eigenvalue weighted by molar-refractivity contribution is 0.0697. The molecule has 0 saturated heterocycles. The first-order chi connectivity index (χ1) is 9.88.